The van der Waals surface area contributed by atoms with Gasteiger partial charge in [-0.1, -0.05) is 25.1 Å². The lowest BCUT2D eigenvalue weighted by molar-refractivity contribution is 0.102. The number of hydrogen-bond donors (Lipinski definition) is 1. The van der Waals surface area contributed by atoms with Crippen molar-refractivity contribution in [3.63, 3.8) is 0 Å². The second-order valence-corrected chi connectivity index (χ2v) is 8.85. The van der Waals surface area contributed by atoms with Gasteiger partial charge < -0.3 is 4.42 Å². The van der Waals surface area contributed by atoms with Gasteiger partial charge in [-0.3, -0.25) is 15.0 Å². The average molecular weight is 446 g/mol. The number of thiazole rings is 1. The predicted octanol–water partition coefficient (Wildman–Crippen LogP) is 4.80. The van der Waals surface area contributed by atoms with Gasteiger partial charge in [-0.05, 0) is 49.4 Å². The first kappa shape index (κ1) is 20.5. The molecule has 0 bridgehead atoms. The van der Waals surface area contributed by atoms with Crippen molar-refractivity contribution in [3.05, 3.63) is 70.2 Å². The predicted molar refractivity (Wildman–Crippen MR) is 125 cm³/mol. The molecule has 0 unspecified atom stereocenters. The molecule has 2 aromatic heterocycles. The maximum absolute atomic E-state index is 12.7. The summed E-state index contributed by atoms with van der Waals surface area (Å²) in [5.74, 6) is 0.721. The van der Waals surface area contributed by atoms with E-state index in [4.69, 9.17) is 4.42 Å². The van der Waals surface area contributed by atoms with Gasteiger partial charge in [-0.15, -0.1) is 21.5 Å². The van der Waals surface area contributed by atoms with Crippen LogP contribution in [0.4, 0.5) is 5.13 Å². The molecule has 7 nitrogen and oxygen atoms in total. The number of hydrogen-bond acceptors (Lipinski definition) is 7. The van der Waals surface area contributed by atoms with E-state index in [1.807, 2.05) is 43.3 Å². The van der Waals surface area contributed by atoms with Crippen molar-refractivity contribution in [3.8, 4) is 22.9 Å². The van der Waals surface area contributed by atoms with Crippen LogP contribution in [0.2, 0.25) is 0 Å². The largest absolute Gasteiger partial charge is 0.416 e. The highest BCUT2D eigenvalue weighted by Gasteiger charge is 2.21. The van der Waals surface area contributed by atoms with E-state index in [1.54, 1.807) is 23.5 Å². The second-order valence-electron chi connectivity index (χ2n) is 7.77. The zero-order valence-electron chi connectivity index (χ0n) is 18.0. The molecule has 0 saturated heterocycles. The Bertz CT molecular complexity index is 1260. The topological polar surface area (TPSA) is 84.2 Å². The van der Waals surface area contributed by atoms with Crippen molar-refractivity contribution in [2.75, 3.05) is 18.4 Å². The molecule has 3 heterocycles. The molecule has 1 aliphatic rings. The second kappa shape index (κ2) is 8.64. The maximum Gasteiger partial charge on any atom is 0.257 e. The van der Waals surface area contributed by atoms with Crippen LogP contribution in [0.3, 0.4) is 0 Å². The molecule has 0 radical (unpaired) electrons. The summed E-state index contributed by atoms with van der Waals surface area (Å²) in [6.07, 6.45) is 0.929. The SMILES string of the molecule is CCN1CCc2nc(NC(=O)c3ccc(-c4nnc(-c5ccccc5C)o4)cc3)sc2C1. The first-order valence-corrected chi connectivity index (χ1v) is 11.4. The van der Waals surface area contributed by atoms with E-state index < -0.39 is 0 Å². The van der Waals surface area contributed by atoms with Crippen LogP contribution >= 0.6 is 11.3 Å². The fraction of sp³-hybridized carbons (Fsp3) is 0.250. The number of benzene rings is 2. The summed E-state index contributed by atoms with van der Waals surface area (Å²) in [4.78, 5) is 21.0. The maximum atomic E-state index is 12.7. The Morgan fingerprint density at radius 1 is 1.12 bits per heavy atom. The third-order valence-electron chi connectivity index (χ3n) is 5.67. The van der Waals surface area contributed by atoms with Crippen molar-refractivity contribution >= 4 is 22.4 Å². The van der Waals surface area contributed by atoms with Crippen LogP contribution in [0, 0.1) is 6.92 Å². The van der Waals surface area contributed by atoms with E-state index in [-0.39, 0.29) is 5.91 Å². The molecule has 1 amide bonds. The number of carbonyl (C=O) groups excluding carboxylic acids is 1. The number of aryl methyl sites for hydroxylation is 1. The number of fused-ring (bicyclic) bond motifs is 1. The fourth-order valence-corrected chi connectivity index (χ4v) is 4.81. The van der Waals surface area contributed by atoms with Gasteiger partial charge in [0, 0.05) is 41.1 Å². The molecule has 162 valence electrons. The van der Waals surface area contributed by atoms with Crippen molar-refractivity contribution in [2.24, 2.45) is 0 Å². The van der Waals surface area contributed by atoms with Gasteiger partial charge in [0.05, 0.1) is 5.69 Å². The molecule has 1 aliphatic heterocycles. The molecule has 0 saturated carbocycles. The fourth-order valence-electron chi connectivity index (χ4n) is 3.77. The van der Waals surface area contributed by atoms with Crippen LogP contribution in [-0.2, 0) is 13.0 Å². The monoisotopic (exact) mass is 445 g/mol. The third-order valence-corrected chi connectivity index (χ3v) is 6.67. The lowest BCUT2D eigenvalue weighted by atomic mass is 10.1. The standard InChI is InChI=1S/C24H23N5O2S/c1-3-29-13-12-19-20(14-29)32-24(25-19)26-21(30)16-8-10-17(11-9-16)22-27-28-23(31-22)18-7-5-4-6-15(18)2/h4-11H,3,12-14H2,1-2H3,(H,25,26,30). The molecular weight excluding hydrogens is 422 g/mol. The van der Waals surface area contributed by atoms with Gasteiger partial charge in [0.25, 0.3) is 5.91 Å². The van der Waals surface area contributed by atoms with Crippen LogP contribution < -0.4 is 5.32 Å². The van der Waals surface area contributed by atoms with Gasteiger partial charge in [0.1, 0.15) is 0 Å². The van der Waals surface area contributed by atoms with Gasteiger partial charge in [-0.2, -0.15) is 0 Å². The number of nitrogens with one attached hydrogen (secondary N) is 1. The Kier molecular flexibility index (Phi) is 5.55. The highest BCUT2D eigenvalue weighted by atomic mass is 32.1. The highest BCUT2D eigenvalue weighted by molar-refractivity contribution is 7.15. The number of nitrogens with zero attached hydrogens (tertiary/aromatic N) is 4. The van der Waals surface area contributed by atoms with E-state index in [1.165, 1.54) is 4.88 Å². The summed E-state index contributed by atoms with van der Waals surface area (Å²) in [6.45, 7) is 7.12. The normalized spacial score (nSPS) is 13.7. The minimum atomic E-state index is -0.180. The van der Waals surface area contributed by atoms with E-state index in [0.717, 1.165) is 48.4 Å². The summed E-state index contributed by atoms with van der Waals surface area (Å²) in [7, 11) is 0. The zero-order chi connectivity index (χ0) is 22.1. The average Bonchev–Trinajstić information content (AvgIpc) is 3.46. The van der Waals surface area contributed by atoms with Gasteiger partial charge >= 0.3 is 0 Å². The molecule has 0 spiro atoms. The van der Waals surface area contributed by atoms with Crippen LogP contribution in [-0.4, -0.2) is 39.1 Å². The van der Waals surface area contributed by atoms with Crippen LogP contribution in [0.25, 0.3) is 22.9 Å². The Balaban J connectivity index is 1.29. The number of carbonyl (C=O) groups is 1. The molecule has 2 aromatic carbocycles. The van der Waals surface area contributed by atoms with Crippen molar-refractivity contribution in [1.29, 1.82) is 0 Å². The lowest BCUT2D eigenvalue weighted by Gasteiger charge is -2.23. The summed E-state index contributed by atoms with van der Waals surface area (Å²) in [5, 5.41) is 11.9. The molecule has 0 atom stereocenters. The van der Waals surface area contributed by atoms with E-state index in [9.17, 15) is 4.79 Å². The molecular formula is C24H23N5O2S. The first-order chi connectivity index (χ1) is 15.6. The Labute approximate surface area is 190 Å². The van der Waals surface area contributed by atoms with Crippen LogP contribution in [0.15, 0.2) is 52.9 Å². The minimum Gasteiger partial charge on any atom is -0.416 e. The molecule has 8 heteroatoms. The quantitative estimate of drug-likeness (QED) is 0.475. The molecule has 32 heavy (non-hydrogen) atoms. The number of aromatic nitrogens is 3. The Morgan fingerprint density at radius 2 is 1.91 bits per heavy atom. The van der Waals surface area contributed by atoms with Crippen molar-refractivity contribution < 1.29 is 9.21 Å². The molecule has 5 rings (SSSR count). The van der Waals surface area contributed by atoms with E-state index >= 15 is 0 Å². The number of rotatable bonds is 5. The van der Waals surface area contributed by atoms with Gasteiger partial charge in [-0.25, -0.2) is 4.98 Å². The highest BCUT2D eigenvalue weighted by Crippen LogP contribution is 2.29. The number of anilines is 1. The minimum absolute atomic E-state index is 0.180. The van der Waals surface area contributed by atoms with Crippen LogP contribution in [0.5, 0.6) is 0 Å². The van der Waals surface area contributed by atoms with Crippen LogP contribution in [0.1, 0.15) is 33.4 Å². The summed E-state index contributed by atoms with van der Waals surface area (Å²) < 4.78 is 5.86. The molecule has 4 aromatic rings. The Hall–Kier alpha value is -3.36. The molecule has 0 aliphatic carbocycles. The molecule has 1 N–H and O–H groups in total. The lowest BCUT2D eigenvalue weighted by Crippen LogP contribution is -2.29. The van der Waals surface area contributed by atoms with Gasteiger partial charge in [0.15, 0.2) is 5.13 Å². The Morgan fingerprint density at radius 3 is 2.69 bits per heavy atom. The summed E-state index contributed by atoms with van der Waals surface area (Å²) in [6, 6.07) is 15.0. The number of amides is 1. The van der Waals surface area contributed by atoms with E-state index in [2.05, 4.69) is 32.3 Å². The zero-order valence-corrected chi connectivity index (χ0v) is 18.8. The van der Waals surface area contributed by atoms with E-state index in [0.29, 0.717) is 22.5 Å². The first-order valence-electron chi connectivity index (χ1n) is 10.6. The van der Waals surface area contributed by atoms with Crippen molar-refractivity contribution in [2.45, 2.75) is 26.8 Å². The van der Waals surface area contributed by atoms with Gasteiger partial charge in [0.2, 0.25) is 11.8 Å². The molecule has 0 fully saturated rings. The third kappa shape index (κ3) is 4.06. The smallest absolute Gasteiger partial charge is 0.257 e. The summed E-state index contributed by atoms with van der Waals surface area (Å²) >= 11 is 1.56. The van der Waals surface area contributed by atoms with Crippen molar-refractivity contribution in [1.82, 2.24) is 20.1 Å². The number of likely N-dealkylation sites (N-methyl/N-ethyl adjacent to an activating group) is 1. The summed E-state index contributed by atoms with van der Waals surface area (Å²) in [5.41, 5.74) is 4.40.